The van der Waals surface area contributed by atoms with Crippen molar-refractivity contribution >= 4 is 6.29 Å². The van der Waals surface area contributed by atoms with Crippen LogP contribution >= 0.6 is 0 Å². The van der Waals surface area contributed by atoms with Crippen LogP contribution in [-0.2, 0) is 0 Å². The van der Waals surface area contributed by atoms with Crippen LogP contribution in [0.25, 0.3) is 0 Å². The van der Waals surface area contributed by atoms with Gasteiger partial charge in [-0.25, -0.2) is 0 Å². The number of benzene rings is 2. The Kier molecular flexibility index (Phi) is 11.5. The molecule has 0 bridgehead atoms. The van der Waals surface area contributed by atoms with Crippen molar-refractivity contribution in [2.75, 3.05) is 0 Å². The Hall–Kier alpha value is -2.80. The van der Waals surface area contributed by atoms with Gasteiger partial charge in [0.15, 0.2) is 6.29 Å². The zero-order chi connectivity index (χ0) is 18.0. The van der Waals surface area contributed by atoms with E-state index in [1.54, 1.807) is 32.0 Å². The summed E-state index contributed by atoms with van der Waals surface area (Å²) in [6.45, 7) is 8.83. The third kappa shape index (κ3) is 7.46. The molecule has 0 amide bonds. The molecule has 2 aromatic rings. The van der Waals surface area contributed by atoms with E-state index in [2.05, 4.69) is 0 Å². The Morgan fingerprint density at radius 3 is 1.79 bits per heavy atom. The summed E-state index contributed by atoms with van der Waals surface area (Å²) < 4.78 is 0. The van der Waals surface area contributed by atoms with Crippen LogP contribution in [0.15, 0.2) is 30.3 Å². The van der Waals surface area contributed by atoms with Crippen molar-refractivity contribution in [2.24, 2.45) is 0 Å². The topological polar surface area (TPSA) is 81.3 Å². The molecule has 0 aliphatic heterocycles. The van der Waals surface area contributed by atoms with Gasteiger partial charge in [-0.3, -0.25) is 4.79 Å². The zero-order valence-corrected chi connectivity index (χ0v) is 14.2. The maximum atomic E-state index is 10.4. The highest BCUT2D eigenvalue weighted by atomic mass is 16.3. The summed E-state index contributed by atoms with van der Waals surface area (Å²) in [4.78, 5) is 10.4. The lowest BCUT2D eigenvalue weighted by molar-refractivity contribution is 0.112. The normalized spacial score (nSPS) is 8.33. The van der Waals surface area contributed by atoms with Gasteiger partial charge in [0.1, 0.15) is 11.5 Å². The first kappa shape index (κ1) is 23.5. The van der Waals surface area contributed by atoms with Crippen molar-refractivity contribution < 1.29 is 15.0 Å². The zero-order valence-electron chi connectivity index (χ0n) is 14.2. The summed E-state index contributed by atoms with van der Waals surface area (Å²) in [7, 11) is 0. The first-order valence-electron chi connectivity index (χ1n) is 7.09. The Morgan fingerprint density at radius 1 is 0.958 bits per heavy atom. The molecule has 0 heterocycles. The second-order valence-electron chi connectivity index (χ2n) is 5.09. The Morgan fingerprint density at radius 2 is 1.42 bits per heavy atom. The molecule has 24 heavy (non-hydrogen) atoms. The van der Waals surface area contributed by atoms with E-state index in [1.807, 2.05) is 32.0 Å². The maximum absolute atomic E-state index is 10.4. The molecule has 0 radical (unpaired) electrons. The number of hydrogen-bond acceptors (Lipinski definition) is 4. The van der Waals surface area contributed by atoms with Gasteiger partial charge in [0.25, 0.3) is 0 Å². The largest absolute Gasteiger partial charge is 0.508 e. The molecule has 4 heteroatoms. The number of carbonyl (C=O) groups is 1. The monoisotopic (exact) mass is 329 g/mol. The van der Waals surface area contributed by atoms with Crippen molar-refractivity contribution in [3.63, 3.8) is 0 Å². The van der Waals surface area contributed by atoms with Crippen LogP contribution in [0.2, 0.25) is 0 Å². The highest BCUT2D eigenvalue weighted by molar-refractivity contribution is 5.82. The second kappa shape index (κ2) is 11.7. The van der Waals surface area contributed by atoms with Crippen molar-refractivity contribution in [1.29, 1.82) is 5.26 Å². The van der Waals surface area contributed by atoms with E-state index in [4.69, 9.17) is 10.4 Å². The fourth-order valence-electron chi connectivity index (χ4n) is 1.69. The van der Waals surface area contributed by atoms with E-state index in [0.717, 1.165) is 22.3 Å². The maximum Gasteiger partial charge on any atom is 0.154 e. The number of carbonyl (C=O) groups excluding carboxylic acids is 1. The average Bonchev–Trinajstić information content (AvgIpc) is 2.50. The molecule has 0 aliphatic rings. The van der Waals surface area contributed by atoms with Gasteiger partial charge in [-0.1, -0.05) is 31.7 Å². The molecule has 2 aromatic carbocycles. The Balaban J connectivity index is 0. The minimum atomic E-state index is 0. The molecular weight excluding hydrogens is 302 g/mol. The predicted molar refractivity (Wildman–Crippen MR) is 98.6 cm³/mol. The summed E-state index contributed by atoms with van der Waals surface area (Å²) in [6.07, 6.45) is 0.678. The number of aldehydes is 1. The van der Waals surface area contributed by atoms with Gasteiger partial charge in [-0.15, -0.1) is 0 Å². The van der Waals surface area contributed by atoms with Gasteiger partial charge in [-0.2, -0.15) is 5.26 Å². The number of hydrogen-bond donors (Lipinski definition) is 2. The van der Waals surface area contributed by atoms with Gasteiger partial charge in [0, 0.05) is 6.92 Å². The van der Waals surface area contributed by atoms with Crippen LogP contribution in [0.1, 0.15) is 47.0 Å². The van der Waals surface area contributed by atoms with E-state index in [1.165, 1.54) is 6.92 Å². The van der Waals surface area contributed by atoms with Crippen molar-refractivity contribution in [3.05, 3.63) is 58.1 Å². The molecule has 2 rings (SSSR count). The standard InChI is InChI=1S/C9H10O2.C8H10O.C2H3N.CH4/c1-6-3-4-7(2)9(11)8(6)5-10;1-6-3-4-7(2)8(9)5-6;1-2-3;/h3-5,11H,1-2H3;3-5,9H,1-2H3;1H3;1H4. The quantitative estimate of drug-likeness (QED) is 0.722. The van der Waals surface area contributed by atoms with Gasteiger partial charge in [-0.05, 0) is 56.0 Å². The van der Waals surface area contributed by atoms with Crippen LogP contribution in [0, 0.1) is 39.0 Å². The van der Waals surface area contributed by atoms with Crippen LogP contribution in [0.5, 0.6) is 11.5 Å². The summed E-state index contributed by atoms with van der Waals surface area (Å²) >= 11 is 0. The number of aromatic hydroxyl groups is 2. The molecule has 130 valence electrons. The lowest BCUT2D eigenvalue weighted by Gasteiger charge is -2.03. The minimum absolute atomic E-state index is 0. The molecule has 4 nitrogen and oxygen atoms in total. The number of aryl methyl sites for hydroxylation is 4. The summed E-state index contributed by atoms with van der Waals surface area (Å²) in [5, 5.41) is 25.8. The molecule has 0 fully saturated rings. The molecule has 0 atom stereocenters. The molecule has 0 saturated heterocycles. The van der Waals surface area contributed by atoms with E-state index in [-0.39, 0.29) is 13.2 Å². The highest BCUT2D eigenvalue weighted by Gasteiger charge is 2.05. The first-order chi connectivity index (χ1) is 10.8. The lowest BCUT2D eigenvalue weighted by atomic mass is 10.1. The van der Waals surface area contributed by atoms with Gasteiger partial charge >= 0.3 is 0 Å². The van der Waals surface area contributed by atoms with Crippen LogP contribution in [0.4, 0.5) is 0 Å². The molecule has 0 aromatic heterocycles. The van der Waals surface area contributed by atoms with Crippen LogP contribution in [0.3, 0.4) is 0 Å². The molecule has 0 aliphatic carbocycles. The third-order valence-corrected chi connectivity index (χ3v) is 3.12. The summed E-state index contributed by atoms with van der Waals surface area (Å²) in [5.41, 5.74) is 3.96. The van der Waals surface area contributed by atoms with Gasteiger partial charge < -0.3 is 10.2 Å². The van der Waals surface area contributed by atoms with Crippen LogP contribution < -0.4 is 0 Å². The minimum Gasteiger partial charge on any atom is -0.508 e. The molecule has 0 saturated carbocycles. The van der Waals surface area contributed by atoms with E-state index in [0.29, 0.717) is 17.6 Å². The number of phenolic OH excluding ortho intramolecular Hbond substituents is 2. The SMILES string of the molecule is C.CC#N.Cc1ccc(C)c(C=O)c1O.Cc1ccc(C)c(O)c1. The van der Waals surface area contributed by atoms with Crippen molar-refractivity contribution in [3.8, 4) is 17.6 Å². The summed E-state index contributed by atoms with van der Waals surface area (Å²) in [5.74, 6) is 0.481. The summed E-state index contributed by atoms with van der Waals surface area (Å²) in [6, 6.07) is 11.0. The fourth-order valence-corrected chi connectivity index (χ4v) is 1.69. The number of nitrogens with zero attached hydrogens (tertiary/aromatic N) is 1. The number of rotatable bonds is 1. The fraction of sp³-hybridized carbons (Fsp3) is 0.300. The van der Waals surface area contributed by atoms with Crippen LogP contribution in [-0.4, -0.2) is 16.5 Å². The van der Waals surface area contributed by atoms with Crippen molar-refractivity contribution in [2.45, 2.75) is 42.0 Å². The smallest absolute Gasteiger partial charge is 0.154 e. The van der Waals surface area contributed by atoms with Crippen molar-refractivity contribution in [1.82, 2.24) is 0 Å². The first-order valence-corrected chi connectivity index (χ1v) is 7.09. The van der Waals surface area contributed by atoms with E-state index >= 15 is 0 Å². The molecular formula is C20H27NO3. The van der Waals surface area contributed by atoms with E-state index < -0.39 is 0 Å². The average molecular weight is 329 g/mol. The Bertz CT molecular complexity index is 701. The van der Waals surface area contributed by atoms with Gasteiger partial charge in [0.05, 0.1) is 11.6 Å². The van der Waals surface area contributed by atoms with Gasteiger partial charge in [0.2, 0.25) is 0 Å². The molecule has 0 spiro atoms. The number of phenols is 2. The second-order valence-corrected chi connectivity index (χ2v) is 5.09. The highest BCUT2D eigenvalue weighted by Crippen LogP contribution is 2.22. The third-order valence-electron chi connectivity index (χ3n) is 3.12. The predicted octanol–water partition coefficient (Wildman–Crippen LogP) is 5.00. The lowest BCUT2D eigenvalue weighted by Crippen LogP contribution is -1.88. The molecule has 0 unspecified atom stereocenters. The molecule has 2 N–H and O–H groups in total. The Labute approximate surface area is 145 Å². The number of nitriles is 1. The van der Waals surface area contributed by atoms with E-state index in [9.17, 15) is 9.90 Å².